The van der Waals surface area contributed by atoms with Crippen LogP contribution in [0, 0.1) is 6.92 Å². The summed E-state index contributed by atoms with van der Waals surface area (Å²) in [4.78, 5) is 12.3. The number of benzene rings is 2. The fraction of sp³-hybridized carbons (Fsp3) is 0.316. The average molecular weight is 360 g/mol. The number of rotatable bonds is 6. The van der Waals surface area contributed by atoms with Gasteiger partial charge in [0.05, 0.1) is 10.9 Å². The zero-order valence-corrected chi connectivity index (χ0v) is 15.6. The van der Waals surface area contributed by atoms with Crippen LogP contribution in [0.5, 0.6) is 0 Å². The summed E-state index contributed by atoms with van der Waals surface area (Å²) >= 11 is 0. The summed E-state index contributed by atoms with van der Waals surface area (Å²) in [5, 5.41) is 5.70. The summed E-state index contributed by atoms with van der Waals surface area (Å²) in [5.41, 5.74) is 3.28. The summed E-state index contributed by atoms with van der Waals surface area (Å²) in [7, 11) is -3.21. The lowest BCUT2D eigenvalue weighted by Crippen LogP contribution is -2.38. The highest BCUT2D eigenvalue weighted by Gasteiger charge is 2.11. The average Bonchev–Trinajstić information content (AvgIpc) is 2.56. The van der Waals surface area contributed by atoms with Gasteiger partial charge < -0.3 is 10.6 Å². The van der Waals surface area contributed by atoms with Crippen LogP contribution in [0.25, 0.3) is 0 Å². The van der Waals surface area contributed by atoms with Gasteiger partial charge in [0.1, 0.15) is 0 Å². The monoisotopic (exact) mass is 360 g/mol. The van der Waals surface area contributed by atoms with Gasteiger partial charge >= 0.3 is 6.03 Å². The smallest absolute Gasteiger partial charge is 0.315 e. The molecule has 2 aromatic carbocycles. The molecule has 6 heteroatoms. The van der Waals surface area contributed by atoms with E-state index in [0.29, 0.717) is 6.54 Å². The van der Waals surface area contributed by atoms with Gasteiger partial charge in [-0.2, -0.15) is 0 Å². The van der Waals surface area contributed by atoms with E-state index in [1.54, 1.807) is 24.3 Å². The third-order valence-corrected chi connectivity index (χ3v) is 5.23. The van der Waals surface area contributed by atoms with E-state index >= 15 is 0 Å². The molecule has 0 aliphatic heterocycles. The number of hydrogen-bond donors (Lipinski definition) is 2. The van der Waals surface area contributed by atoms with Crippen LogP contribution >= 0.6 is 0 Å². The first-order valence-corrected chi connectivity index (χ1v) is 10.1. The maximum absolute atomic E-state index is 12.0. The summed E-state index contributed by atoms with van der Waals surface area (Å²) in [5.74, 6) is 0. The van der Waals surface area contributed by atoms with Gasteiger partial charge in [-0.1, -0.05) is 36.4 Å². The predicted octanol–water partition coefficient (Wildman–Crippen LogP) is 3.00. The minimum absolute atomic E-state index is 0.216. The molecule has 0 saturated heterocycles. The van der Waals surface area contributed by atoms with Gasteiger partial charge in [-0.15, -0.1) is 0 Å². The third kappa shape index (κ3) is 5.60. The Bertz CT molecular complexity index is 830. The van der Waals surface area contributed by atoms with Crippen molar-refractivity contribution >= 4 is 15.9 Å². The van der Waals surface area contributed by atoms with Crippen molar-refractivity contribution in [3.05, 3.63) is 65.2 Å². The number of amides is 2. The Morgan fingerprint density at radius 1 is 1.08 bits per heavy atom. The molecule has 1 unspecified atom stereocenters. The van der Waals surface area contributed by atoms with Crippen LogP contribution in [0.2, 0.25) is 0 Å². The van der Waals surface area contributed by atoms with E-state index in [-0.39, 0.29) is 17.0 Å². The van der Waals surface area contributed by atoms with E-state index in [1.807, 2.05) is 19.1 Å². The first-order chi connectivity index (χ1) is 11.8. The number of nitrogens with one attached hydrogen (secondary N) is 2. The molecule has 2 amide bonds. The standard InChI is InChI=1S/C19H24N2O3S/c1-14-6-4-5-7-16(14)12-13-20-19(22)21-15(2)17-8-10-18(11-9-17)25(3,23)24/h4-11,15H,12-13H2,1-3H3,(H2,20,21,22). The van der Waals surface area contributed by atoms with Crippen molar-refractivity contribution in [2.24, 2.45) is 0 Å². The minimum atomic E-state index is -3.21. The van der Waals surface area contributed by atoms with Crippen molar-refractivity contribution in [1.82, 2.24) is 10.6 Å². The molecule has 2 aromatic rings. The largest absolute Gasteiger partial charge is 0.338 e. The molecule has 5 nitrogen and oxygen atoms in total. The molecule has 0 bridgehead atoms. The van der Waals surface area contributed by atoms with Crippen molar-refractivity contribution in [2.45, 2.75) is 31.2 Å². The fourth-order valence-corrected chi connectivity index (χ4v) is 3.17. The molecule has 2 rings (SSSR count). The zero-order chi connectivity index (χ0) is 18.4. The van der Waals surface area contributed by atoms with Gasteiger partial charge in [0, 0.05) is 12.8 Å². The van der Waals surface area contributed by atoms with Gasteiger partial charge in [0.15, 0.2) is 9.84 Å². The summed E-state index contributed by atoms with van der Waals surface area (Å²) in [6.07, 6.45) is 1.95. The molecule has 0 aliphatic rings. The molecule has 25 heavy (non-hydrogen) atoms. The maximum atomic E-state index is 12.0. The summed E-state index contributed by atoms with van der Waals surface area (Å²) in [6, 6.07) is 14.2. The highest BCUT2D eigenvalue weighted by atomic mass is 32.2. The van der Waals surface area contributed by atoms with Crippen molar-refractivity contribution in [1.29, 1.82) is 0 Å². The molecule has 0 aliphatic carbocycles. The van der Waals surface area contributed by atoms with E-state index in [1.165, 1.54) is 17.4 Å². The topological polar surface area (TPSA) is 75.3 Å². The molecular formula is C19H24N2O3S. The molecule has 0 saturated carbocycles. The number of carbonyl (C=O) groups is 1. The van der Waals surface area contributed by atoms with E-state index in [9.17, 15) is 13.2 Å². The fourth-order valence-electron chi connectivity index (χ4n) is 2.54. The molecule has 0 fully saturated rings. The maximum Gasteiger partial charge on any atom is 0.315 e. The molecule has 0 radical (unpaired) electrons. The van der Waals surface area contributed by atoms with Gasteiger partial charge in [0.25, 0.3) is 0 Å². The van der Waals surface area contributed by atoms with Crippen LogP contribution in [-0.4, -0.2) is 27.2 Å². The molecule has 2 N–H and O–H groups in total. The number of carbonyl (C=O) groups excluding carboxylic acids is 1. The molecule has 0 heterocycles. The molecule has 0 spiro atoms. The van der Waals surface area contributed by atoms with Gasteiger partial charge in [-0.25, -0.2) is 13.2 Å². The van der Waals surface area contributed by atoms with Crippen molar-refractivity contribution in [3.8, 4) is 0 Å². The lowest BCUT2D eigenvalue weighted by Gasteiger charge is -2.15. The summed E-state index contributed by atoms with van der Waals surface area (Å²) in [6.45, 7) is 4.46. The molecule has 1 atom stereocenters. The van der Waals surface area contributed by atoms with Crippen LogP contribution in [0.1, 0.15) is 29.7 Å². The van der Waals surface area contributed by atoms with Crippen molar-refractivity contribution in [2.75, 3.05) is 12.8 Å². The number of urea groups is 1. The van der Waals surface area contributed by atoms with Crippen LogP contribution in [0.15, 0.2) is 53.4 Å². The third-order valence-electron chi connectivity index (χ3n) is 4.10. The number of hydrogen-bond acceptors (Lipinski definition) is 3. The Morgan fingerprint density at radius 2 is 1.72 bits per heavy atom. The number of sulfone groups is 1. The Balaban J connectivity index is 1.84. The minimum Gasteiger partial charge on any atom is -0.338 e. The Morgan fingerprint density at radius 3 is 2.32 bits per heavy atom. The first kappa shape index (κ1) is 19.0. The van der Waals surface area contributed by atoms with E-state index < -0.39 is 9.84 Å². The van der Waals surface area contributed by atoms with Crippen LogP contribution in [0.3, 0.4) is 0 Å². The van der Waals surface area contributed by atoms with Crippen LogP contribution < -0.4 is 10.6 Å². The lowest BCUT2D eigenvalue weighted by molar-refractivity contribution is 0.238. The van der Waals surface area contributed by atoms with Gasteiger partial charge in [-0.3, -0.25) is 0 Å². The summed E-state index contributed by atoms with van der Waals surface area (Å²) < 4.78 is 22.9. The second-order valence-corrected chi connectivity index (χ2v) is 8.16. The molecular weight excluding hydrogens is 336 g/mol. The van der Waals surface area contributed by atoms with E-state index in [0.717, 1.165) is 12.0 Å². The molecule has 134 valence electrons. The Kier molecular flexibility index (Phi) is 6.20. The predicted molar refractivity (Wildman–Crippen MR) is 99.4 cm³/mol. The lowest BCUT2D eigenvalue weighted by atomic mass is 10.1. The highest BCUT2D eigenvalue weighted by Crippen LogP contribution is 2.16. The van der Waals surface area contributed by atoms with Gasteiger partial charge in [0.2, 0.25) is 0 Å². The van der Waals surface area contributed by atoms with Crippen molar-refractivity contribution in [3.63, 3.8) is 0 Å². The highest BCUT2D eigenvalue weighted by molar-refractivity contribution is 7.90. The quantitative estimate of drug-likeness (QED) is 0.831. The van der Waals surface area contributed by atoms with E-state index in [4.69, 9.17) is 0 Å². The zero-order valence-electron chi connectivity index (χ0n) is 14.7. The number of aryl methyl sites for hydroxylation is 1. The van der Waals surface area contributed by atoms with Crippen LogP contribution in [0.4, 0.5) is 4.79 Å². The first-order valence-electron chi connectivity index (χ1n) is 8.16. The van der Waals surface area contributed by atoms with E-state index in [2.05, 4.69) is 29.7 Å². The SMILES string of the molecule is Cc1ccccc1CCNC(=O)NC(C)c1ccc(S(C)(=O)=O)cc1. The van der Waals surface area contributed by atoms with Gasteiger partial charge in [-0.05, 0) is 49.1 Å². The van der Waals surface area contributed by atoms with Crippen LogP contribution in [-0.2, 0) is 16.3 Å². The van der Waals surface area contributed by atoms with Crippen molar-refractivity contribution < 1.29 is 13.2 Å². The Hall–Kier alpha value is -2.34. The second kappa shape index (κ2) is 8.16. The Labute approximate surface area is 149 Å². The molecule has 0 aromatic heterocycles. The second-order valence-electron chi connectivity index (χ2n) is 6.14. The normalized spacial score (nSPS) is 12.4.